The molecule has 0 unspecified atom stereocenters. The lowest BCUT2D eigenvalue weighted by Gasteiger charge is -2.30. The molecule has 250 valence electrons. The molecule has 1 saturated heterocycles. The number of alkyl carbamates (subject to hydrolysis) is 1. The molecule has 1 aliphatic heterocycles. The second-order valence-electron chi connectivity index (χ2n) is 12.7. The molecule has 2 N–H and O–H groups in total. The number of carboxylic acids is 1. The summed E-state index contributed by atoms with van der Waals surface area (Å²) in [5, 5.41) is 14.9. The average molecular weight is 635 g/mol. The third-order valence-electron chi connectivity index (χ3n) is 8.92. The van der Waals surface area contributed by atoms with Crippen molar-refractivity contribution >= 4 is 34.8 Å². The largest absolute Gasteiger partial charge is 0.496 e. The van der Waals surface area contributed by atoms with Gasteiger partial charge in [0.15, 0.2) is 0 Å². The van der Waals surface area contributed by atoms with Crippen LogP contribution in [0.15, 0.2) is 62.2 Å². The fourth-order valence-electron chi connectivity index (χ4n) is 6.08. The van der Waals surface area contributed by atoms with Crippen molar-refractivity contribution in [3.8, 4) is 5.75 Å². The number of unbranched alkanes of at least 4 members (excludes halogenated alkanes) is 3. The normalized spacial score (nSPS) is 18.5. The Morgan fingerprint density at radius 3 is 2.48 bits per heavy atom. The number of carboxylic acid groups (broad SMARTS) is 1. The van der Waals surface area contributed by atoms with E-state index >= 15 is 0 Å². The van der Waals surface area contributed by atoms with E-state index in [1.165, 1.54) is 12.0 Å². The summed E-state index contributed by atoms with van der Waals surface area (Å²) < 4.78 is 17.0. The molecule has 46 heavy (non-hydrogen) atoms. The minimum Gasteiger partial charge on any atom is -0.496 e. The third kappa shape index (κ3) is 9.00. The van der Waals surface area contributed by atoms with Crippen molar-refractivity contribution in [3.05, 3.63) is 73.3 Å². The number of carbonyl (C=O) groups excluding carboxylic acids is 2. The number of allylic oxidation sites excluding steroid dienone is 2. The molecular weight excluding hydrogens is 584 g/mol. The van der Waals surface area contributed by atoms with Crippen molar-refractivity contribution in [1.29, 1.82) is 0 Å². The van der Waals surface area contributed by atoms with E-state index in [-0.39, 0.29) is 25.0 Å². The van der Waals surface area contributed by atoms with E-state index in [1.807, 2.05) is 42.5 Å². The molecule has 3 rings (SSSR count). The van der Waals surface area contributed by atoms with Crippen molar-refractivity contribution in [2.75, 3.05) is 27.4 Å². The van der Waals surface area contributed by atoms with Crippen LogP contribution in [0.1, 0.15) is 76.3 Å². The summed E-state index contributed by atoms with van der Waals surface area (Å²) in [4.78, 5) is 40.9. The Bertz CT molecular complexity index is 1420. The van der Waals surface area contributed by atoms with E-state index in [9.17, 15) is 19.5 Å². The number of nitrogens with one attached hydrogen (secondary N) is 1. The fourth-order valence-corrected chi connectivity index (χ4v) is 6.08. The van der Waals surface area contributed by atoms with Crippen LogP contribution in [-0.2, 0) is 24.7 Å². The Labute approximate surface area is 273 Å². The number of amides is 2. The maximum absolute atomic E-state index is 14.1. The van der Waals surface area contributed by atoms with Crippen LogP contribution in [0, 0.1) is 5.41 Å². The molecule has 3 atom stereocenters. The summed E-state index contributed by atoms with van der Waals surface area (Å²) in [6.45, 7) is 15.8. The van der Waals surface area contributed by atoms with Gasteiger partial charge in [0, 0.05) is 19.1 Å². The number of fused-ring (bicyclic) bond motifs is 1. The maximum Gasteiger partial charge on any atom is 0.407 e. The second kappa shape index (κ2) is 16.5. The molecule has 0 bridgehead atoms. The van der Waals surface area contributed by atoms with E-state index in [2.05, 4.69) is 38.9 Å². The fraction of sp³-hybridized carbons (Fsp3) is 0.486. The topological polar surface area (TPSA) is 114 Å². The molecule has 0 radical (unpaired) electrons. The van der Waals surface area contributed by atoms with Gasteiger partial charge in [0.05, 0.1) is 20.3 Å². The summed E-state index contributed by atoms with van der Waals surface area (Å²) in [6, 6.07) is 7.56. The quantitative estimate of drug-likeness (QED) is 0.131. The number of aliphatic carboxylic acids is 1. The molecule has 9 heteroatoms. The van der Waals surface area contributed by atoms with Crippen LogP contribution in [0.2, 0.25) is 0 Å². The minimum atomic E-state index is -1.15. The van der Waals surface area contributed by atoms with Gasteiger partial charge in [0.25, 0.3) is 0 Å². The van der Waals surface area contributed by atoms with E-state index in [1.54, 1.807) is 13.2 Å². The van der Waals surface area contributed by atoms with E-state index in [0.717, 1.165) is 47.6 Å². The highest BCUT2D eigenvalue weighted by Crippen LogP contribution is 2.41. The van der Waals surface area contributed by atoms with Gasteiger partial charge in [-0.2, -0.15) is 0 Å². The SMILES string of the molecule is C=CCCCCC[C@H](NC(=O)OCCC(C)(C)CC=C)C(=O)N1C[C@](OC)(c2ccc3cc(OC)c(C=C)cc3c2)C[C@H]1C(=O)O. The number of methoxy groups -OCH3 is 2. The van der Waals surface area contributed by atoms with Crippen LogP contribution in [0.5, 0.6) is 5.75 Å². The van der Waals surface area contributed by atoms with Crippen molar-refractivity contribution < 1.29 is 33.7 Å². The Kier molecular flexibility index (Phi) is 13.0. The van der Waals surface area contributed by atoms with Crippen molar-refractivity contribution in [3.63, 3.8) is 0 Å². The van der Waals surface area contributed by atoms with E-state index < -0.39 is 35.7 Å². The molecule has 1 aliphatic rings. The van der Waals surface area contributed by atoms with Gasteiger partial charge in [-0.25, -0.2) is 9.59 Å². The van der Waals surface area contributed by atoms with Gasteiger partial charge in [-0.1, -0.05) is 63.6 Å². The first kappa shape index (κ1) is 36.4. The molecule has 1 fully saturated rings. The highest BCUT2D eigenvalue weighted by molar-refractivity contribution is 5.91. The maximum atomic E-state index is 14.1. The highest BCUT2D eigenvalue weighted by atomic mass is 16.5. The van der Waals surface area contributed by atoms with Crippen LogP contribution >= 0.6 is 0 Å². The lowest BCUT2D eigenvalue weighted by Crippen LogP contribution is -2.52. The van der Waals surface area contributed by atoms with Gasteiger partial charge in [0.2, 0.25) is 5.91 Å². The van der Waals surface area contributed by atoms with Gasteiger partial charge < -0.3 is 29.5 Å². The molecule has 2 aromatic rings. The summed E-state index contributed by atoms with van der Waals surface area (Å²) in [7, 11) is 3.13. The van der Waals surface area contributed by atoms with Crippen molar-refractivity contribution in [2.45, 2.75) is 82.9 Å². The molecule has 2 aromatic carbocycles. The number of benzene rings is 2. The Balaban J connectivity index is 1.87. The lowest BCUT2D eigenvalue weighted by molar-refractivity contribution is -0.149. The smallest absolute Gasteiger partial charge is 0.407 e. The Morgan fingerprint density at radius 2 is 1.85 bits per heavy atom. The predicted octanol–water partition coefficient (Wildman–Crippen LogP) is 7.24. The summed E-state index contributed by atoms with van der Waals surface area (Å²) in [5.41, 5.74) is 0.411. The number of hydrogen-bond acceptors (Lipinski definition) is 6. The lowest BCUT2D eigenvalue weighted by atomic mass is 9.86. The molecule has 0 saturated carbocycles. The van der Waals surface area contributed by atoms with E-state index in [0.29, 0.717) is 25.0 Å². The van der Waals surface area contributed by atoms with Crippen molar-refractivity contribution in [2.24, 2.45) is 5.41 Å². The standard InChI is InChI=1S/C37H50N2O7/c1-8-11-12-13-14-15-30(38-35(43)46-20-19-36(4,5)18-9-2)33(40)39-25-37(45-7,24-31(39)34(41)42)29-17-16-27-23-32(44-6)26(10-3)21-28(27)22-29/h8-10,16-17,21-23,30-31H,1-3,11-15,18-20,24-25H2,4-7H3,(H,38,43)(H,41,42)/t30-,31-,37-/m0/s1. The first-order chi connectivity index (χ1) is 21.9. The zero-order valence-electron chi connectivity index (χ0n) is 27.8. The van der Waals surface area contributed by atoms with Crippen LogP contribution in [0.25, 0.3) is 16.8 Å². The average Bonchev–Trinajstić information content (AvgIpc) is 3.44. The van der Waals surface area contributed by atoms with Crippen LogP contribution in [-0.4, -0.2) is 67.4 Å². The second-order valence-corrected chi connectivity index (χ2v) is 12.7. The van der Waals surface area contributed by atoms with Crippen LogP contribution < -0.4 is 10.1 Å². The number of carbonyl (C=O) groups is 3. The van der Waals surface area contributed by atoms with Crippen molar-refractivity contribution in [1.82, 2.24) is 10.2 Å². The molecule has 2 amide bonds. The Hall–Kier alpha value is -4.11. The van der Waals surface area contributed by atoms with Crippen LogP contribution in [0.4, 0.5) is 4.79 Å². The molecule has 0 spiro atoms. The number of rotatable bonds is 18. The molecular formula is C37H50N2O7. The number of ether oxygens (including phenoxy) is 3. The first-order valence-electron chi connectivity index (χ1n) is 15.9. The van der Waals surface area contributed by atoms with Gasteiger partial charge in [-0.15, -0.1) is 13.2 Å². The summed E-state index contributed by atoms with van der Waals surface area (Å²) in [5.74, 6) is -0.913. The molecule has 9 nitrogen and oxygen atoms in total. The van der Waals surface area contributed by atoms with Gasteiger partial charge in [-0.05, 0) is 72.1 Å². The minimum absolute atomic E-state index is 0.00864. The summed E-state index contributed by atoms with van der Waals surface area (Å²) >= 11 is 0. The third-order valence-corrected chi connectivity index (χ3v) is 8.92. The first-order valence-corrected chi connectivity index (χ1v) is 15.9. The highest BCUT2D eigenvalue weighted by Gasteiger charge is 2.51. The molecule has 0 aliphatic carbocycles. The number of likely N-dealkylation sites (tertiary alicyclic amines) is 1. The molecule has 1 heterocycles. The zero-order chi connectivity index (χ0) is 33.9. The molecule has 0 aromatic heterocycles. The van der Waals surface area contributed by atoms with E-state index in [4.69, 9.17) is 14.2 Å². The van der Waals surface area contributed by atoms with Crippen LogP contribution in [0.3, 0.4) is 0 Å². The number of hydrogen-bond donors (Lipinski definition) is 2. The summed E-state index contributed by atoms with van der Waals surface area (Å²) in [6.07, 6.45) is 9.75. The van der Waals surface area contributed by atoms with Gasteiger partial charge in [-0.3, -0.25) is 4.79 Å². The Morgan fingerprint density at radius 1 is 1.09 bits per heavy atom. The zero-order valence-corrected chi connectivity index (χ0v) is 27.8. The predicted molar refractivity (Wildman–Crippen MR) is 182 cm³/mol. The van der Waals surface area contributed by atoms with Gasteiger partial charge >= 0.3 is 12.1 Å². The monoisotopic (exact) mass is 634 g/mol. The number of nitrogens with zero attached hydrogens (tertiary/aromatic N) is 1. The van der Waals surface area contributed by atoms with Gasteiger partial charge in [0.1, 0.15) is 23.4 Å².